The van der Waals surface area contributed by atoms with Crippen LogP contribution in [0.4, 0.5) is 4.39 Å². The van der Waals surface area contributed by atoms with E-state index in [2.05, 4.69) is 0 Å². The second kappa shape index (κ2) is 3.81. The fraction of sp³-hybridized carbons (Fsp3) is 0.250. The predicted octanol–water partition coefficient (Wildman–Crippen LogP) is 1.74. The fourth-order valence-electron chi connectivity index (χ4n) is 0.888. The van der Waals surface area contributed by atoms with Crippen LogP contribution in [0, 0.1) is 12.7 Å². The zero-order valence-corrected chi connectivity index (χ0v) is 7.41. The quantitative estimate of drug-likeness (QED) is 0.604. The summed E-state index contributed by atoms with van der Waals surface area (Å²) in [6, 6.07) is 5.41. The van der Waals surface area contributed by atoms with Gasteiger partial charge >= 0.3 is 0 Å². The molecule has 0 aromatic heterocycles. The highest BCUT2D eigenvalue weighted by atomic mass is 32.2. The molecular formula is C8H9BFS. The number of aryl methyl sites for hydroxylation is 1. The van der Waals surface area contributed by atoms with Crippen LogP contribution in [0.5, 0.6) is 0 Å². The smallest absolute Gasteiger partial charge is 0.214 e. The summed E-state index contributed by atoms with van der Waals surface area (Å²) in [5.41, 5.74) is 1.38. The first kappa shape index (κ1) is 8.66. The third kappa shape index (κ3) is 1.99. The minimum atomic E-state index is -0.109. The predicted molar refractivity (Wildman–Crippen MR) is 50.0 cm³/mol. The first-order valence-electron chi connectivity index (χ1n) is 3.37. The van der Waals surface area contributed by atoms with E-state index in [-0.39, 0.29) is 5.82 Å². The lowest BCUT2D eigenvalue weighted by molar-refractivity contribution is 0.627. The highest BCUT2D eigenvalue weighted by Crippen LogP contribution is 2.02. The second-order valence-electron chi connectivity index (χ2n) is 2.33. The zero-order valence-electron chi connectivity index (χ0n) is 6.60. The van der Waals surface area contributed by atoms with E-state index in [4.69, 9.17) is 0 Å². The van der Waals surface area contributed by atoms with Crippen molar-refractivity contribution in [2.24, 2.45) is 0 Å². The Morgan fingerprint density at radius 1 is 1.45 bits per heavy atom. The standard InChI is InChI=1S/C8H9BFS/c1-6-4-3-5-7(8(6)10)9-11-2/h3-5H,1-2H3. The monoisotopic (exact) mass is 167 g/mol. The van der Waals surface area contributed by atoms with Crippen LogP contribution in [0.1, 0.15) is 5.56 Å². The van der Waals surface area contributed by atoms with Crippen molar-refractivity contribution in [2.75, 3.05) is 6.26 Å². The average Bonchev–Trinajstić information content (AvgIpc) is 1.99. The van der Waals surface area contributed by atoms with E-state index in [1.807, 2.05) is 18.9 Å². The average molecular weight is 167 g/mol. The number of rotatable bonds is 2. The van der Waals surface area contributed by atoms with Crippen molar-refractivity contribution < 1.29 is 4.39 Å². The Balaban J connectivity index is 2.96. The van der Waals surface area contributed by atoms with Crippen LogP contribution >= 0.6 is 11.6 Å². The van der Waals surface area contributed by atoms with Crippen LogP contribution in [0.3, 0.4) is 0 Å². The van der Waals surface area contributed by atoms with Crippen molar-refractivity contribution in [3.63, 3.8) is 0 Å². The first-order chi connectivity index (χ1) is 5.25. The molecule has 1 aromatic rings. The van der Waals surface area contributed by atoms with Crippen LogP contribution in [0.15, 0.2) is 18.2 Å². The summed E-state index contributed by atoms with van der Waals surface area (Å²) in [4.78, 5) is 0. The second-order valence-corrected chi connectivity index (χ2v) is 3.04. The summed E-state index contributed by atoms with van der Waals surface area (Å²) in [5.74, 6) is -0.109. The number of hydrogen-bond donors (Lipinski definition) is 0. The molecule has 0 fully saturated rings. The Hall–Kier alpha value is -0.435. The molecule has 3 heteroatoms. The van der Waals surface area contributed by atoms with E-state index in [1.165, 1.54) is 11.6 Å². The van der Waals surface area contributed by atoms with Gasteiger partial charge in [0.05, 0.1) is 0 Å². The van der Waals surface area contributed by atoms with Crippen LogP contribution < -0.4 is 5.46 Å². The van der Waals surface area contributed by atoms with Crippen LogP contribution in [0.2, 0.25) is 0 Å². The van der Waals surface area contributed by atoms with Crippen molar-refractivity contribution in [3.8, 4) is 0 Å². The molecule has 0 N–H and O–H groups in total. The lowest BCUT2D eigenvalue weighted by Gasteiger charge is -2.01. The van der Waals surface area contributed by atoms with Crippen LogP contribution in [0.25, 0.3) is 0 Å². The molecule has 57 valence electrons. The molecule has 0 nitrogen and oxygen atoms in total. The van der Waals surface area contributed by atoms with Gasteiger partial charge in [-0.1, -0.05) is 18.2 Å². The van der Waals surface area contributed by atoms with Gasteiger partial charge < -0.3 is 0 Å². The van der Waals surface area contributed by atoms with Gasteiger partial charge in [-0.3, -0.25) is 0 Å². The van der Waals surface area contributed by atoms with Gasteiger partial charge in [0.25, 0.3) is 0 Å². The summed E-state index contributed by atoms with van der Waals surface area (Å²) in [6.07, 6.45) is 1.92. The lowest BCUT2D eigenvalue weighted by atomic mass is 9.92. The molecule has 0 spiro atoms. The Labute approximate surface area is 71.3 Å². The highest BCUT2D eigenvalue weighted by Gasteiger charge is 2.03. The van der Waals surface area contributed by atoms with Gasteiger partial charge in [0.2, 0.25) is 6.56 Å². The van der Waals surface area contributed by atoms with Crippen molar-refractivity contribution in [1.29, 1.82) is 0 Å². The Morgan fingerprint density at radius 3 is 2.82 bits per heavy atom. The normalized spacial score (nSPS) is 9.73. The van der Waals surface area contributed by atoms with Crippen LogP contribution in [-0.4, -0.2) is 12.8 Å². The maximum Gasteiger partial charge on any atom is 0.233 e. The summed E-state index contributed by atoms with van der Waals surface area (Å²) in [6.45, 7) is 3.58. The van der Waals surface area contributed by atoms with Crippen molar-refractivity contribution >= 4 is 23.6 Å². The van der Waals surface area contributed by atoms with E-state index >= 15 is 0 Å². The molecule has 0 bridgehead atoms. The largest absolute Gasteiger partial charge is 0.233 e. The molecule has 1 radical (unpaired) electrons. The number of hydrogen-bond acceptors (Lipinski definition) is 1. The van der Waals surface area contributed by atoms with Crippen LogP contribution in [-0.2, 0) is 0 Å². The van der Waals surface area contributed by atoms with Crippen molar-refractivity contribution in [2.45, 2.75) is 6.92 Å². The van der Waals surface area contributed by atoms with E-state index in [0.717, 1.165) is 0 Å². The molecule has 0 heterocycles. The molecule has 0 saturated heterocycles. The summed E-state index contributed by atoms with van der Waals surface area (Å²) < 4.78 is 13.1. The Kier molecular flexibility index (Phi) is 3.00. The van der Waals surface area contributed by atoms with E-state index < -0.39 is 0 Å². The van der Waals surface area contributed by atoms with E-state index in [1.54, 1.807) is 19.1 Å². The molecule has 0 unspecified atom stereocenters. The Bertz CT molecular complexity index is 250. The molecule has 1 rings (SSSR count). The minimum Gasteiger partial charge on any atom is -0.214 e. The topological polar surface area (TPSA) is 0 Å². The van der Waals surface area contributed by atoms with E-state index in [0.29, 0.717) is 11.0 Å². The lowest BCUT2D eigenvalue weighted by Crippen LogP contribution is -2.16. The number of benzene rings is 1. The van der Waals surface area contributed by atoms with Gasteiger partial charge in [0.15, 0.2) is 0 Å². The molecule has 0 saturated carbocycles. The summed E-state index contributed by atoms with van der Waals surface area (Å²) in [7, 11) is 0. The summed E-state index contributed by atoms with van der Waals surface area (Å²) in [5, 5.41) is 0. The molecule has 0 aliphatic heterocycles. The molecule has 0 aliphatic carbocycles. The molecule has 0 amide bonds. The van der Waals surface area contributed by atoms with Crippen molar-refractivity contribution in [3.05, 3.63) is 29.6 Å². The SMILES string of the molecule is CS[B]c1cccc(C)c1F. The van der Waals surface area contributed by atoms with Crippen molar-refractivity contribution in [1.82, 2.24) is 0 Å². The van der Waals surface area contributed by atoms with Gasteiger partial charge in [-0.15, -0.1) is 0 Å². The van der Waals surface area contributed by atoms with Gasteiger partial charge in [0.1, 0.15) is 5.82 Å². The fourth-order valence-corrected chi connectivity index (χ4v) is 1.32. The first-order valence-corrected chi connectivity index (χ1v) is 4.65. The maximum absolute atomic E-state index is 13.1. The minimum absolute atomic E-state index is 0.109. The van der Waals surface area contributed by atoms with Gasteiger partial charge in [-0.2, -0.15) is 0 Å². The van der Waals surface area contributed by atoms with Gasteiger partial charge in [-0.25, -0.2) is 16.0 Å². The molecule has 0 aliphatic rings. The van der Waals surface area contributed by atoms with Gasteiger partial charge in [0, 0.05) is 0 Å². The molecule has 0 atom stereocenters. The van der Waals surface area contributed by atoms with E-state index in [9.17, 15) is 4.39 Å². The molecule has 11 heavy (non-hydrogen) atoms. The molecule has 1 aromatic carbocycles. The van der Waals surface area contributed by atoms with Gasteiger partial charge in [-0.05, 0) is 24.2 Å². The molecular weight excluding hydrogens is 158 g/mol. The summed E-state index contributed by atoms with van der Waals surface area (Å²) >= 11 is 1.51. The highest BCUT2D eigenvalue weighted by molar-refractivity contribution is 8.23. The zero-order chi connectivity index (χ0) is 8.27. The Morgan fingerprint density at radius 2 is 2.18 bits per heavy atom. The third-order valence-corrected chi connectivity index (χ3v) is 1.96. The number of halogens is 1. The maximum atomic E-state index is 13.1. The third-order valence-electron chi connectivity index (χ3n) is 1.47.